The van der Waals surface area contributed by atoms with Gasteiger partial charge in [0.25, 0.3) is 0 Å². The predicted octanol–water partition coefficient (Wildman–Crippen LogP) is 11.6. The summed E-state index contributed by atoms with van der Waals surface area (Å²) in [7, 11) is 0. The molecule has 252 valence electrons. The molecule has 4 aromatic heterocycles. The Bertz CT molecular complexity index is 2800. The Labute approximate surface area is 310 Å². The van der Waals surface area contributed by atoms with Crippen LogP contribution in [0.1, 0.15) is 0 Å². The van der Waals surface area contributed by atoms with E-state index in [0.29, 0.717) is 11.6 Å². The van der Waals surface area contributed by atoms with E-state index in [4.69, 9.17) is 19.9 Å². The average molecular weight is 691 g/mol. The van der Waals surface area contributed by atoms with E-state index in [2.05, 4.69) is 119 Å². The van der Waals surface area contributed by atoms with E-state index < -0.39 is 0 Å². The number of hydrogen-bond acceptors (Lipinski definition) is 6. The Morgan fingerprint density at radius 3 is 0.907 bits per heavy atom. The highest BCUT2D eigenvalue weighted by atomic mass is 14.9. The van der Waals surface area contributed by atoms with E-state index in [9.17, 15) is 0 Å². The third kappa shape index (κ3) is 5.54. The number of rotatable bonds is 4. The van der Waals surface area contributed by atoms with Crippen LogP contribution in [0.3, 0.4) is 0 Å². The zero-order valence-corrected chi connectivity index (χ0v) is 29.0. The second-order valence-corrected chi connectivity index (χ2v) is 13.2. The molecule has 0 aliphatic rings. The van der Waals surface area contributed by atoms with Crippen molar-refractivity contribution in [3.05, 3.63) is 183 Å². The van der Waals surface area contributed by atoms with Gasteiger partial charge in [-0.15, -0.1) is 0 Å². The molecule has 0 amide bonds. The molecule has 0 aliphatic heterocycles. The number of fused-ring (bicyclic) bond motifs is 10. The maximum absolute atomic E-state index is 4.72. The van der Waals surface area contributed by atoms with Crippen LogP contribution >= 0.6 is 0 Å². The van der Waals surface area contributed by atoms with Gasteiger partial charge in [-0.2, -0.15) is 0 Å². The highest BCUT2D eigenvalue weighted by molar-refractivity contribution is 6.26. The van der Waals surface area contributed by atoms with Gasteiger partial charge in [0.05, 0.1) is 0 Å². The molecular weight excluding hydrogens is 661 g/mol. The number of benzene rings is 5. The van der Waals surface area contributed by atoms with Crippen molar-refractivity contribution in [2.45, 2.75) is 0 Å². The lowest BCUT2D eigenvalue weighted by atomic mass is 9.92. The smallest absolute Gasteiger partial charge is 0.160 e. The molecular formula is C48H30N6. The summed E-state index contributed by atoms with van der Waals surface area (Å²) in [6.07, 6.45) is 14.7. The Morgan fingerprint density at radius 1 is 0.241 bits per heavy atom. The summed E-state index contributed by atoms with van der Waals surface area (Å²) in [5, 5.41) is 11.6. The molecule has 10 aromatic rings. The zero-order valence-electron chi connectivity index (χ0n) is 29.0. The summed E-state index contributed by atoms with van der Waals surface area (Å²) < 4.78 is 0. The van der Waals surface area contributed by atoms with Gasteiger partial charge >= 0.3 is 0 Å². The Hall–Kier alpha value is -7.44. The Morgan fingerprint density at radius 2 is 0.574 bits per heavy atom. The standard InChI is InChI=1S/C48H30N6/c1-2-14-40-39(13-1)43-19-17-31(35-27-51-47(52-28-35)33-9-7-21-49-25-33)23-45(43)41-15-5-3-11-37(41)38-12-4-6-16-42(38)46-24-32(18-20-44(40)46)36-29-53-48(54-30-36)34-10-8-22-50-26-34/h1-30H. The van der Waals surface area contributed by atoms with Gasteiger partial charge in [-0.3, -0.25) is 9.97 Å². The summed E-state index contributed by atoms with van der Waals surface area (Å²) in [4.78, 5) is 27.3. The molecule has 0 saturated carbocycles. The molecule has 0 fully saturated rings. The van der Waals surface area contributed by atoms with E-state index in [-0.39, 0.29) is 0 Å². The van der Waals surface area contributed by atoms with Gasteiger partial charge < -0.3 is 0 Å². The number of nitrogens with zero attached hydrogens (tertiary/aromatic N) is 6. The van der Waals surface area contributed by atoms with Crippen molar-refractivity contribution < 1.29 is 0 Å². The zero-order chi connectivity index (χ0) is 35.8. The number of hydrogen-bond donors (Lipinski definition) is 0. The molecule has 6 heteroatoms. The maximum atomic E-state index is 4.72. The highest BCUT2D eigenvalue weighted by Crippen LogP contribution is 2.38. The lowest BCUT2D eigenvalue weighted by Crippen LogP contribution is -1.91. The fourth-order valence-corrected chi connectivity index (χ4v) is 7.46. The van der Waals surface area contributed by atoms with E-state index in [1.165, 1.54) is 0 Å². The molecule has 0 bridgehead atoms. The third-order valence-electron chi connectivity index (χ3n) is 10.1. The summed E-state index contributed by atoms with van der Waals surface area (Å²) in [5.74, 6) is 1.30. The van der Waals surface area contributed by atoms with Crippen LogP contribution in [0.2, 0.25) is 0 Å². The summed E-state index contributed by atoms with van der Waals surface area (Å²) in [6.45, 7) is 0. The first-order valence-corrected chi connectivity index (χ1v) is 17.8. The van der Waals surface area contributed by atoms with Crippen LogP contribution < -0.4 is 0 Å². The van der Waals surface area contributed by atoms with Crippen LogP contribution in [0.4, 0.5) is 0 Å². The molecule has 0 unspecified atom stereocenters. The second-order valence-electron chi connectivity index (χ2n) is 13.2. The van der Waals surface area contributed by atoms with Crippen LogP contribution in [-0.2, 0) is 0 Å². The van der Waals surface area contributed by atoms with Crippen LogP contribution in [0, 0.1) is 0 Å². The fraction of sp³-hybridized carbons (Fsp3) is 0. The lowest BCUT2D eigenvalue weighted by Gasteiger charge is -2.12. The summed E-state index contributed by atoms with van der Waals surface area (Å²) >= 11 is 0. The monoisotopic (exact) mass is 690 g/mol. The van der Waals surface area contributed by atoms with Crippen molar-refractivity contribution in [1.29, 1.82) is 0 Å². The van der Waals surface area contributed by atoms with Crippen molar-refractivity contribution in [2.24, 2.45) is 0 Å². The van der Waals surface area contributed by atoms with Crippen LogP contribution in [0.5, 0.6) is 0 Å². The number of pyridine rings is 2. The van der Waals surface area contributed by atoms with Crippen molar-refractivity contribution in [2.75, 3.05) is 0 Å². The first-order valence-electron chi connectivity index (χ1n) is 17.8. The lowest BCUT2D eigenvalue weighted by molar-refractivity contribution is 1.17. The van der Waals surface area contributed by atoms with Gasteiger partial charge in [-0.25, -0.2) is 19.9 Å². The van der Waals surface area contributed by atoms with Crippen LogP contribution in [0.15, 0.2) is 183 Å². The van der Waals surface area contributed by atoms with Gasteiger partial charge in [0.1, 0.15) is 0 Å². The second kappa shape index (κ2) is 13.3. The molecule has 0 spiro atoms. The summed E-state index contributed by atoms with van der Waals surface area (Å²) in [6, 6.07) is 47.3. The number of aromatic nitrogens is 6. The highest BCUT2D eigenvalue weighted by Gasteiger charge is 2.12. The van der Waals surface area contributed by atoms with Crippen molar-refractivity contribution in [3.8, 4) is 45.0 Å². The molecule has 4 heterocycles. The average Bonchev–Trinajstić information content (AvgIpc) is 3.26. The van der Waals surface area contributed by atoms with Gasteiger partial charge in [-0.05, 0) is 101 Å². The molecule has 10 rings (SSSR count). The molecule has 0 atom stereocenters. The first-order chi connectivity index (χ1) is 26.8. The van der Waals surface area contributed by atoms with E-state index in [1.807, 2.05) is 49.1 Å². The van der Waals surface area contributed by atoms with Gasteiger partial charge in [-0.1, -0.05) is 97.1 Å². The maximum Gasteiger partial charge on any atom is 0.160 e. The van der Waals surface area contributed by atoms with E-state index in [1.54, 1.807) is 24.8 Å². The van der Waals surface area contributed by atoms with E-state index in [0.717, 1.165) is 87.2 Å². The molecule has 0 radical (unpaired) electrons. The normalized spacial score (nSPS) is 11.3. The minimum atomic E-state index is 0.651. The molecule has 6 aromatic carbocycles. The van der Waals surface area contributed by atoms with Gasteiger partial charge in [0.15, 0.2) is 11.6 Å². The predicted molar refractivity (Wildman–Crippen MR) is 220 cm³/mol. The van der Waals surface area contributed by atoms with Gasteiger partial charge in [0, 0.05) is 71.8 Å². The molecule has 54 heavy (non-hydrogen) atoms. The van der Waals surface area contributed by atoms with E-state index >= 15 is 0 Å². The SMILES string of the molecule is c1cncc(-c2ncc(-c3ccc4c5ccccc5c5ccc(-c6cnc(-c7cccnc7)nc6)cc5c5ccccc5c5ccccc5c4c3)cn2)c1. The first kappa shape index (κ1) is 31.3. The van der Waals surface area contributed by atoms with Crippen molar-refractivity contribution >= 4 is 53.9 Å². The molecule has 0 aliphatic carbocycles. The minimum absolute atomic E-state index is 0.651. The van der Waals surface area contributed by atoms with Crippen molar-refractivity contribution in [1.82, 2.24) is 29.9 Å². The molecule has 6 nitrogen and oxygen atoms in total. The molecule has 0 saturated heterocycles. The van der Waals surface area contributed by atoms with Crippen molar-refractivity contribution in [3.63, 3.8) is 0 Å². The topological polar surface area (TPSA) is 77.3 Å². The third-order valence-corrected chi connectivity index (χ3v) is 10.1. The quantitative estimate of drug-likeness (QED) is 0.183. The Kier molecular flexibility index (Phi) is 7.69. The van der Waals surface area contributed by atoms with Crippen LogP contribution in [-0.4, -0.2) is 29.9 Å². The Balaban J connectivity index is 1.25. The largest absolute Gasteiger partial charge is 0.264 e. The van der Waals surface area contributed by atoms with Gasteiger partial charge in [0.2, 0.25) is 0 Å². The summed E-state index contributed by atoms with van der Waals surface area (Å²) in [5.41, 5.74) is 5.77. The molecule has 0 N–H and O–H groups in total. The fourth-order valence-electron chi connectivity index (χ4n) is 7.46. The minimum Gasteiger partial charge on any atom is -0.264 e. The van der Waals surface area contributed by atoms with Crippen LogP contribution in [0.25, 0.3) is 98.9 Å².